The van der Waals surface area contributed by atoms with Crippen molar-refractivity contribution in [3.8, 4) is 17.1 Å². The van der Waals surface area contributed by atoms with E-state index in [1.807, 2.05) is 18.7 Å². The summed E-state index contributed by atoms with van der Waals surface area (Å²) in [6, 6.07) is 9.17. The Bertz CT molecular complexity index is 1350. The zero-order valence-corrected chi connectivity index (χ0v) is 20.9. The molecule has 196 valence electrons. The van der Waals surface area contributed by atoms with Gasteiger partial charge in [0.1, 0.15) is 11.6 Å². The molecule has 0 unspecified atom stereocenters. The number of rotatable bonds is 5. The van der Waals surface area contributed by atoms with E-state index < -0.39 is 23.1 Å². The first kappa shape index (κ1) is 26.7. The molecule has 1 saturated heterocycles. The molecule has 1 amide bonds. The van der Waals surface area contributed by atoms with Crippen LogP contribution in [0.1, 0.15) is 32.3 Å². The van der Waals surface area contributed by atoms with E-state index >= 15 is 0 Å². The van der Waals surface area contributed by atoms with Crippen LogP contribution in [0.5, 0.6) is 0 Å². The standard InChI is InChI=1S/C26H25ClF4N4O2/c1-15(2)25(37)32-18-9-11-34(12-10-18)22-14-23(36)35(19-6-3-16(4-7-19)26(29,30)31)24(33-22)20-8-5-17(27)13-21(20)28/h3-8,13-15,18H,9-12H2,1-2H3,(H,32,37). The number of aromatic nitrogens is 2. The van der Waals surface area contributed by atoms with Crippen molar-refractivity contribution in [1.82, 2.24) is 14.9 Å². The molecule has 2 aromatic carbocycles. The van der Waals surface area contributed by atoms with Gasteiger partial charge in [-0.2, -0.15) is 13.2 Å². The quantitative estimate of drug-likeness (QED) is 0.440. The van der Waals surface area contributed by atoms with Crippen LogP contribution in [0.25, 0.3) is 17.1 Å². The molecule has 2 heterocycles. The lowest BCUT2D eigenvalue weighted by Crippen LogP contribution is -2.46. The molecule has 0 spiro atoms. The lowest BCUT2D eigenvalue weighted by Gasteiger charge is -2.33. The molecular formula is C26H25ClF4N4O2. The number of nitrogens with zero attached hydrogens (tertiary/aromatic N) is 3. The van der Waals surface area contributed by atoms with E-state index in [1.54, 1.807) is 0 Å². The van der Waals surface area contributed by atoms with Crippen LogP contribution in [-0.2, 0) is 11.0 Å². The van der Waals surface area contributed by atoms with Gasteiger partial charge in [-0.15, -0.1) is 0 Å². The molecule has 3 aromatic rings. The van der Waals surface area contributed by atoms with Gasteiger partial charge in [-0.05, 0) is 55.3 Å². The molecule has 0 aliphatic carbocycles. The fourth-order valence-corrected chi connectivity index (χ4v) is 4.31. The minimum absolute atomic E-state index is 0.00755. The second kappa shape index (κ2) is 10.5. The predicted octanol–water partition coefficient (Wildman–Crippen LogP) is 5.45. The van der Waals surface area contributed by atoms with E-state index in [1.165, 1.54) is 18.2 Å². The maximum atomic E-state index is 15.0. The summed E-state index contributed by atoms with van der Waals surface area (Å²) in [4.78, 5) is 31.8. The van der Waals surface area contributed by atoms with Crippen LogP contribution in [0.2, 0.25) is 5.02 Å². The Morgan fingerprint density at radius 1 is 1.08 bits per heavy atom. The molecule has 1 fully saturated rings. The normalized spacial score (nSPS) is 14.8. The number of nitrogens with one attached hydrogen (secondary N) is 1. The van der Waals surface area contributed by atoms with Crippen LogP contribution >= 0.6 is 11.6 Å². The highest BCUT2D eigenvalue weighted by molar-refractivity contribution is 6.30. The number of alkyl halides is 3. The number of carbonyl (C=O) groups is 1. The van der Waals surface area contributed by atoms with Crippen LogP contribution in [0.15, 0.2) is 53.3 Å². The van der Waals surface area contributed by atoms with Crippen molar-refractivity contribution in [3.05, 3.63) is 75.3 Å². The molecule has 11 heteroatoms. The Balaban J connectivity index is 1.72. The first-order chi connectivity index (χ1) is 17.4. The smallest absolute Gasteiger partial charge is 0.356 e. The fourth-order valence-electron chi connectivity index (χ4n) is 4.15. The Kier molecular flexibility index (Phi) is 7.59. The maximum absolute atomic E-state index is 15.0. The Labute approximate surface area is 215 Å². The molecule has 0 atom stereocenters. The van der Waals surface area contributed by atoms with Gasteiger partial charge in [0.05, 0.1) is 16.8 Å². The van der Waals surface area contributed by atoms with Gasteiger partial charge in [0.15, 0.2) is 5.82 Å². The molecular weight excluding hydrogens is 512 g/mol. The van der Waals surface area contributed by atoms with Crippen molar-refractivity contribution in [1.29, 1.82) is 0 Å². The monoisotopic (exact) mass is 536 g/mol. The van der Waals surface area contributed by atoms with Crippen LogP contribution in [0.3, 0.4) is 0 Å². The molecule has 4 rings (SSSR count). The molecule has 1 aliphatic rings. The summed E-state index contributed by atoms with van der Waals surface area (Å²) in [5.74, 6) is -0.643. The third-order valence-corrected chi connectivity index (χ3v) is 6.45. The minimum Gasteiger partial charge on any atom is -0.356 e. The van der Waals surface area contributed by atoms with E-state index in [9.17, 15) is 27.2 Å². The van der Waals surface area contributed by atoms with Gasteiger partial charge in [-0.3, -0.25) is 14.2 Å². The van der Waals surface area contributed by atoms with Crippen LogP contribution < -0.4 is 15.8 Å². The molecule has 1 aliphatic heterocycles. The van der Waals surface area contributed by atoms with Gasteiger partial charge < -0.3 is 10.2 Å². The Hall–Kier alpha value is -3.40. The second-order valence-electron chi connectivity index (χ2n) is 9.21. The molecule has 37 heavy (non-hydrogen) atoms. The number of piperidine rings is 1. The highest BCUT2D eigenvalue weighted by Crippen LogP contribution is 2.31. The average Bonchev–Trinajstić information content (AvgIpc) is 2.83. The number of carbonyl (C=O) groups excluding carboxylic acids is 1. The summed E-state index contributed by atoms with van der Waals surface area (Å²) < 4.78 is 55.2. The number of hydrogen-bond acceptors (Lipinski definition) is 4. The van der Waals surface area contributed by atoms with Crippen molar-refractivity contribution in [2.45, 2.75) is 38.9 Å². The first-order valence-corrected chi connectivity index (χ1v) is 12.1. The van der Waals surface area contributed by atoms with Gasteiger partial charge in [-0.1, -0.05) is 25.4 Å². The number of benzene rings is 2. The van der Waals surface area contributed by atoms with E-state index in [4.69, 9.17) is 11.6 Å². The second-order valence-corrected chi connectivity index (χ2v) is 9.64. The van der Waals surface area contributed by atoms with Gasteiger partial charge in [-0.25, -0.2) is 9.37 Å². The molecule has 0 bridgehead atoms. The molecule has 1 aromatic heterocycles. The van der Waals surface area contributed by atoms with E-state index in [0.29, 0.717) is 31.7 Å². The molecule has 6 nitrogen and oxygen atoms in total. The van der Waals surface area contributed by atoms with Crippen molar-refractivity contribution in [3.63, 3.8) is 0 Å². The third-order valence-electron chi connectivity index (χ3n) is 6.22. The number of halogens is 5. The predicted molar refractivity (Wildman–Crippen MR) is 133 cm³/mol. The zero-order valence-electron chi connectivity index (χ0n) is 20.1. The number of hydrogen-bond donors (Lipinski definition) is 1. The van der Waals surface area contributed by atoms with E-state index in [2.05, 4.69) is 10.3 Å². The van der Waals surface area contributed by atoms with E-state index in [-0.39, 0.29) is 40.0 Å². The van der Waals surface area contributed by atoms with Gasteiger partial charge in [0.2, 0.25) is 5.91 Å². The van der Waals surface area contributed by atoms with Gasteiger partial charge in [0.25, 0.3) is 5.56 Å². The van der Waals surface area contributed by atoms with Crippen LogP contribution in [0.4, 0.5) is 23.4 Å². The first-order valence-electron chi connectivity index (χ1n) is 11.8. The average molecular weight is 537 g/mol. The summed E-state index contributed by atoms with van der Waals surface area (Å²) in [5.41, 5.74) is -1.37. The van der Waals surface area contributed by atoms with Crippen LogP contribution in [0, 0.1) is 11.7 Å². The zero-order chi connectivity index (χ0) is 26.9. The van der Waals surface area contributed by atoms with Crippen molar-refractivity contribution >= 4 is 23.3 Å². The highest BCUT2D eigenvalue weighted by atomic mass is 35.5. The summed E-state index contributed by atoms with van der Waals surface area (Å²) >= 11 is 5.90. The van der Waals surface area contributed by atoms with E-state index in [0.717, 1.165) is 34.9 Å². The lowest BCUT2D eigenvalue weighted by atomic mass is 10.0. The van der Waals surface area contributed by atoms with Crippen molar-refractivity contribution in [2.75, 3.05) is 18.0 Å². The number of anilines is 1. The van der Waals surface area contributed by atoms with Crippen molar-refractivity contribution in [2.24, 2.45) is 5.92 Å². The largest absolute Gasteiger partial charge is 0.416 e. The Morgan fingerprint density at radius 2 is 1.73 bits per heavy atom. The number of amides is 1. The fraction of sp³-hybridized carbons (Fsp3) is 0.346. The third kappa shape index (κ3) is 5.95. The summed E-state index contributed by atoms with van der Waals surface area (Å²) in [5, 5.41) is 3.15. The van der Waals surface area contributed by atoms with Gasteiger partial charge >= 0.3 is 6.18 Å². The highest BCUT2D eigenvalue weighted by Gasteiger charge is 2.30. The van der Waals surface area contributed by atoms with Gasteiger partial charge in [0, 0.05) is 36.1 Å². The van der Waals surface area contributed by atoms with Crippen molar-refractivity contribution < 1.29 is 22.4 Å². The summed E-state index contributed by atoms with van der Waals surface area (Å²) in [6.45, 7) is 4.64. The minimum atomic E-state index is -4.54. The Morgan fingerprint density at radius 3 is 2.30 bits per heavy atom. The molecule has 1 N–H and O–H groups in total. The van der Waals surface area contributed by atoms with Crippen LogP contribution in [-0.4, -0.2) is 34.6 Å². The SMILES string of the molecule is CC(C)C(=O)NC1CCN(c2cc(=O)n(-c3ccc(C(F)(F)F)cc3)c(-c3ccc(Cl)cc3F)n2)CC1. The topological polar surface area (TPSA) is 67.2 Å². The molecule has 0 saturated carbocycles. The molecule has 0 radical (unpaired) electrons. The summed E-state index contributed by atoms with van der Waals surface area (Å²) in [7, 11) is 0. The lowest BCUT2D eigenvalue weighted by molar-refractivity contribution is -0.137. The summed E-state index contributed by atoms with van der Waals surface area (Å²) in [6.07, 6.45) is -3.28. The maximum Gasteiger partial charge on any atom is 0.416 e.